The average molecular weight is 237 g/mol. The Kier molecular flexibility index (Phi) is 3.36. The molecule has 5 heteroatoms. The highest BCUT2D eigenvalue weighted by molar-refractivity contribution is 7.13. The molecule has 0 unspecified atom stereocenters. The van der Waals surface area contributed by atoms with E-state index in [-0.39, 0.29) is 5.97 Å². The van der Waals surface area contributed by atoms with Crippen LogP contribution in [-0.2, 0) is 16.0 Å². The maximum Gasteiger partial charge on any atom is 0.305 e. The molecule has 16 heavy (non-hydrogen) atoms. The van der Waals surface area contributed by atoms with Crippen molar-refractivity contribution in [3.05, 3.63) is 29.7 Å². The van der Waals surface area contributed by atoms with Gasteiger partial charge in [-0.25, -0.2) is 4.98 Å². The quantitative estimate of drug-likeness (QED) is 0.767. The summed E-state index contributed by atoms with van der Waals surface area (Å²) < 4.78 is 9.56. The third kappa shape index (κ3) is 2.49. The van der Waals surface area contributed by atoms with E-state index in [1.165, 1.54) is 7.11 Å². The first-order chi connectivity index (χ1) is 7.79. The number of esters is 1. The van der Waals surface area contributed by atoms with Crippen LogP contribution in [0.4, 0.5) is 0 Å². The Morgan fingerprint density at radius 1 is 1.62 bits per heavy atom. The minimum Gasteiger partial charge on any atom is -0.472 e. The van der Waals surface area contributed by atoms with Gasteiger partial charge in [-0.05, 0) is 6.07 Å². The molecular formula is C11H11NO3S. The summed E-state index contributed by atoms with van der Waals surface area (Å²) in [5, 5.41) is 2.86. The Morgan fingerprint density at radius 3 is 3.19 bits per heavy atom. The minimum atomic E-state index is -0.210. The van der Waals surface area contributed by atoms with Crippen molar-refractivity contribution in [2.24, 2.45) is 0 Å². The molecule has 0 radical (unpaired) electrons. The summed E-state index contributed by atoms with van der Waals surface area (Å²) >= 11 is 1.54. The van der Waals surface area contributed by atoms with Crippen molar-refractivity contribution in [3.8, 4) is 10.6 Å². The number of carbonyl (C=O) groups excluding carboxylic acids is 1. The lowest BCUT2D eigenvalue weighted by atomic mass is 10.2. The summed E-state index contributed by atoms with van der Waals surface area (Å²) in [5.41, 5.74) is 1.88. The Bertz CT molecular complexity index is 461. The first kappa shape index (κ1) is 10.9. The van der Waals surface area contributed by atoms with Crippen LogP contribution in [0.3, 0.4) is 0 Å². The largest absolute Gasteiger partial charge is 0.472 e. The molecule has 2 rings (SSSR count). The molecular weight excluding hydrogens is 226 g/mol. The second-order valence-corrected chi connectivity index (χ2v) is 4.09. The van der Waals surface area contributed by atoms with Gasteiger partial charge in [-0.1, -0.05) is 0 Å². The molecule has 0 saturated carbocycles. The van der Waals surface area contributed by atoms with Crippen molar-refractivity contribution >= 4 is 17.3 Å². The summed E-state index contributed by atoms with van der Waals surface area (Å²) in [7, 11) is 1.39. The van der Waals surface area contributed by atoms with Crippen LogP contribution in [0.1, 0.15) is 12.1 Å². The van der Waals surface area contributed by atoms with Crippen LogP contribution in [0.25, 0.3) is 10.6 Å². The van der Waals surface area contributed by atoms with E-state index in [4.69, 9.17) is 4.42 Å². The van der Waals surface area contributed by atoms with E-state index in [1.807, 2.05) is 11.4 Å². The third-order valence-corrected chi connectivity index (χ3v) is 3.07. The van der Waals surface area contributed by atoms with Gasteiger partial charge in [0.25, 0.3) is 0 Å². The lowest BCUT2D eigenvalue weighted by molar-refractivity contribution is -0.140. The molecule has 0 aromatic carbocycles. The van der Waals surface area contributed by atoms with Gasteiger partial charge in [0.05, 0.1) is 25.5 Å². The molecule has 0 spiro atoms. The van der Waals surface area contributed by atoms with Crippen molar-refractivity contribution < 1.29 is 13.9 Å². The lowest BCUT2D eigenvalue weighted by Gasteiger charge is -1.95. The number of carbonyl (C=O) groups is 1. The SMILES string of the molecule is COC(=O)CCc1csc(-c2ccoc2)n1. The zero-order chi connectivity index (χ0) is 11.4. The third-order valence-electron chi connectivity index (χ3n) is 2.13. The summed E-state index contributed by atoms with van der Waals surface area (Å²) in [6.07, 6.45) is 4.25. The molecule has 0 atom stereocenters. The van der Waals surface area contributed by atoms with Gasteiger partial charge in [0.1, 0.15) is 11.3 Å². The monoisotopic (exact) mass is 237 g/mol. The van der Waals surface area contributed by atoms with Crippen molar-refractivity contribution in [2.45, 2.75) is 12.8 Å². The number of ether oxygens (including phenoxy) is 1. The van der Waals surface area contributed by atoms with Crippen LogP contribution < -0.4 is 0 Å². The molecule has 2 aromatic heterocycles. The highest BCUT2D eigenvalue weighted by Gasteiger charge is 2.07. The molecule has 0 aliphatic rings. The van der Waals surface area contributed by atoms with Crippen molar-refractivity contribution in [3.63, 3.8) is 0 Å². The second-order valence-electron chi connectivity index (χ2n) is 3.23. The van der Waals surface area contributed by atoms with Crippen LogP contribution >= 0.6 is 11.3 Å². The molecule has 0 aliphatic heterocycles. The van der Waals surface area contributed by atoms with Gasteiger partial charge in [0, 0.05) is 17.4 Å². The van der Waals surface area contributed by atoms with Gasteiger partial charge < -0.3 is 9.15 Å². The highest BCUT2D eigenvalue weighted by atomic mass is 32.1. The molecule has 0 saturated heterocycles. The summed E-state index contributed by atoms with van der Waals surface area (Å²) in [5.74, 6) is -0.210. The van der Waals surface area contributed by atoms with E-state index < -0.39 is 0 Å². The number of aromatic nitrogens is 1. The van der Waals surface area contributed by atoms with Crippen molar-refractivity contribution in [2.75, 3.05) is 7.11 Å². The molecule has 0 bridgehead atoms. The summed E-state index contributed by atoms with van der Waals surface area (Å²) in [6.45, 7) is 0. The number of thiazole rings is 1. The number of rotatable bonds is 4. The minimum absolute atomic E-state index is 0.210. The molecule has 84 valence electrons. The molecule has 0 N–H and O–H groups in total. The van der Waals surface area contributed by atoms with Gasteiger partial charge >= 0.3 is 5.97 Å². The molecule has 0 aliphatic carbocycles. The number of aryl methyl sites for hydroxylation is 1. The number of hydrogen-bond donors (Lipinski definition) is 0. The van der Waals surface area contributed by atoms with Crippen LogP contribution in [0, 0.1) is 0 Å². The van der Waals surface area contributed by atoms with E-state index in [1.54, 1.807) is 23.9 Å². The predicted octanol–water partition coefficient (Wildman–Crippen LogP) is 2.51. The van der Waals surface area contributed by atoms with Gasteiger partial charge in [-0.2, -0.15) is 0 Å². The van der Waals surface area contributed by atoms with Crippen molar-refractivity contribution in [1.29, 1.82) is 0 Å². The van der Waals surface area contributed by atoms with E-state index in [9.17, 15) is 4.79 Å². The fourth-order valence-electron chi connectivity index (χ4n) is 1.27. The average Bonchev–Trinajstić information content (AvgIpc) is 2.95. The fraction of sp³-hybridized carbons (Fsp3) is 0.273. The fourth-order valence-corrected chi connectivity index (χ4v) is 2.11. The standard InChI is InChI=1S/C11H11NO3S/c1-14-10(13)3-2-9-7-16-11(12-9)8-4-5-15-6-8/h4-7H,2-3H2,1H3. The van der Waals surface area contributed by atoms with E-state index >= 15 is 0 Å². The lowest BCUT2D eigenvalue weighted by Crippen LogP contribution is -2.01. The molecule has 2 heterocycles. The number of methoxy groups -OCH3 is 1. The van der Waals surface area contributed by atoms with Gasteiger partial charge in [-0.15, -0.1) is 11.3 Å². The van der Waals surface area contributed by atoms with Crippen LogP contribution in [0.15, 0.2) is 28.4 Å². The highest BCUT2D eigenvalue weighted by Crippen LogP contribution is 2.24. The second kappa shape index (κ2) is 4.94. The molecule has 4 nitrogen and oxygen atoms in total. The normalized spacial score (nSPS) is 10.3. The van der Waals surface area contributed by atoms with Crippen LogP contribution in [0.5, 0.6) is 0 Å². The Morgan fingerprint density at radius 2 is 2.50 bits per heavy atom. The predicted molar refractivity (Wildman–Crippen MR) is 60.2 cm³/mol. The Labute approximate surface area is 96.9 Å². The first-order valence-electron chi connectivity index (χ1n) is 4.83. The number of furan rings is 1. The molecule has 2 aromatic rings. The zero-order valence-electron chi connectivity index (χ0n) is 8.80. The first-order valence-corrected chi connectivity index (χ1v) is 5.71. The Balaban J connectivity index is 2.00. The Hall–Kier alpha value is -1.62. The van der Waals surface area contributed by atoms with Gasteiger partial charge in [0.2, 0.25) is 0 Å². The number of hydrogen-bond acceptors (Lipinski definition) is 5. The maximum atomic E-state index is 11.0. The van der Waals surface area contributed by atoms with Gasteiger partial charge in [0.15, 0.2) is 0 Å². The van der Waals surface area contributed by atoms with Gasteiger partial charge in [-0.3, -0.25) is 4.79 Å². The van der Waals surface area contributed by atoms with Crippen LogP contribution in [0.2, 0.25) is 0 Å². The number of nitrogens with zero attached hydrogens (tertiary/aromatic N) is 1. The smallest absolute Gasteiger partial charge is 0.305 e. The molecule has 0 amide bonds. The zero-order valence-corrected chi connectivity index (χ0v) is 9.62. The van der Waals surface area contributed by atoms with Crippen molar-refractivity contribution in [1.82, 2.24) is 4.98 Å². The van der Waals surface area contributed by atoms with E-state index in [0.29, 0.717) is 12.8 Å². The topological polar surface area (TPSA) is 52.3 Å². The summed E-state index contributed by atoms with van der Waals surface area (Å²) in [4.78, 5) is 15.4. The maximum absolute atomic E-state index is 11.0. The summed E-state index contributed by atoms with van der Waals surface area (Å²) in [6, 6.07) is 1.86. The van der Waals surface area contributed by atoms with Crippen LogP contribution in [-0.4, -0.2) is 18.1 Å². The molecule has 0 fully saturated rings. The van der Waals surface area contributed by atoms with E-state index in [2.05, 4.69) is 9.72 Å². The van der Waals surface area contributed by atoms with E-state index in [0.717, 1.165) is 16.3 Å².